The number of hydrogen-bond acceptors (Lipinski definition) is 5. The van der Waals surface area contributed by atoms with Gasteiger partial charge in [0.05, 0.1) is 24.3 Å². The van der Waals surface area contributed by atoms with Crippen LogP contribution in [0.3, 0.4) is 0 Å². The molecule has 7 nitrogen and oxygen atoms in total. The summed E-state index contributed by atoms with van der Waals surface area (Å²) >= 11 is 0. The zero-order valence-corrected chi connectivity index (χ0v) is 17.7. The molecule has 0 N–H and O–H groups in total. The highest BCUT2D eigenvalue weighted by Gasteiger charge is 2.31. The quantitative estimate of drug-likeness (QED) is 0.752. The van der Waals surface area contributed by atoms with Crippen molar-refractivity contribution in [2.75, 3.05) is 50.7 Å². The lowest BCUT2D eigenvalue weighted by Gasteiger charge is -2.39. The largest absolute Gasteiger partial charge is 0.369 e. The summed E-state index contributed by atoms with van der Waals surface area (Å²) < 4.78 is 1.48. The lowest BCUT2D eigenvalue weighted by atomic mass is 9.96. The number of benzene rings is 1. The molecule has 1 aromatic carbocycles. The third-order valence-corrected chi connectivity index (χ3v) is 6.30. The number of nitrogens with zero attached hydrogens (tertiary/aromatic N) is 5. The molecule has 7 heteroatoms. The van der Waals surface area contributed by atoms with Gasteiger partial charge in [0.1, 0.15) is 0 Å². The molecule has 0 unspecified atom stereocenters. The van der Waals surface area contributed by atoms with E-state index in [1.54, 1.807) is 12.3 Å². The molecule has 0 bridgehead atoms. The Balaban J connectivity index is 1.40. The summed E-state index contributed by atoms with van der Waals surface area (Å²) in [5, 5.41) is 4.39. The van der Waals surface area contributed by atoms with E-state index in [-0.39, 0.29) is 17.4 Å². The van der Waals surface area contributed by atoms with Crippen LogP contribution in [-0.2, 0) is 11.3 Å². The van der Waals surface area contributed by atoms with E-state index in [1.165, 1.54) is 4.68 Å². The number of anilines is 1. The van der Waals surface area contributed by atoms with Crippen molar-refractivity contribution >= 4 is 11.6 Å². The van der Waals surface area contributed by atoms with Gasteiger partial charge in [-0.05, 0) is 24.9 Å². The lowest BCUT2D eigenvalue weighted by molar-refractivity contribution is -0.137. The molecule has 2 aliphatic heterocycles. The zero-order chi connectivity index (χ0) is 20.9. The van der Waals surface area contributed by atoms with Crippen molar-refractivity contribution in [3.8, 4) is 0 Å². The van der Waals surface area contributed by atoms with E-state index in [0.29, 0.717) is 13.1 Å². The number of aromatic nitrogens is 2. The molecule has 1 amide bonds. The van der Waals surface area contributed by atoms with Crippen LogP contribution in [0.2, 0.25) is 0 Å². The molecule has 160 valence electrons. The van der Waals surface area contributed by atoms with Gasteiger partial charge in [0.25, 0.3) is 5.56 Å². The Hall–Kier alpha value is -2.67. The molecule has 0 spiro atoms. The maximum atomic E-state index is 13.0. The first kappa shape index (κ1) is 20.6. The lowest BCUT2D eigenvalue weighted by Crippen LogP contribution is -2.52. The number of carbonyl (C=O) groups is 1. The Kier molecular flexibility index (Phi) is 6.47. The van der Waals surface area contributed by atoms with E-state index < -0.39 is 0 Å². The van der Waals surface area contributed by atoms with Gasteiger partial charge in [-0.25, -0.2) is 4.68 Å². The summed E-state index contributed by atoms with van der Waals surface area (Å²) in [6.45, 7) is 8.75. The van der Waals surface area contributed by atoms with Crippen LogP contribution in [0.25, 0.3) is 0 Å². The van der Waals surface area contributed by atoms with E-state index in [0.717, 1.165) is 63.4 Å². The Morgan fingerprint density at radius 3 is 2.57 bits per heavy atom. The number of piperazine rings is 1. The normalized spacial score (nSPS) is 20.4. The second kappa shape index (κ2) is 9.43. The van der Waals surface area contributed by atoms with E-state index in [9.17, 15) is 9.59 Å². The SMILES string of the molecule is CCN1CCN(C(=O)[C@@H]2CCCN(c3cnn(Cc4ccccc4)c(=O)c3)C2)CC1. The van der Waals surface area contributed by atoms with Crippen LogP contribution < -0.4 is 10.5 Å². The first-order valence-electron chi connectivity index (χ1n) is 11.0. The molecular weight excluding hydrogens is 378 g/mol. The fourth-order valence-electron chi connectivity index (χ4n) is 4.43. The number of hydrogen-bond donors (Lipinski definition) is 0. The summed E-state index contributed by atoms with van der Waals surface area (Å²) in [6.07, 6.45) is 3.64. The summed E-state index contributed by atoms with van der Waals surface area (Å²) in [6, 6.07) is 11.5. The number of likely N-dealkylation sites (N-methyl/N-ethyl adjacent to an activating group) is 1. The standard InChI is InChI=1S/C23H31N5O2/c1-2-25-11-13-26(14-12-25)23(30)20-9-6-10-27(18-20)21-15-22(29)28(24-16-21)17-19-7-4-3-5-8-19/h3-5,7-8,15-16,20H,2,6,9-14,17-18H2,1H3/t20-/m1/s1. The molecule has 4 rings (SSSR count). The van der Waals surface area contributed by atoms with Crippen molar-refractivity contribution < 1.29 is 4.79 Å². The van der Waals surface area contributed by atoms with Crippen LogP contribution in [0.5, 0.6) is 0 Å². The highest BCUT2D eigenvalue weighted by atomic mass is 16.2. The van der Waals surface area contributed by atoms with Gasteiger partial charge in [0, 0.05) is 45.3 Å². The maximum Gasteiger partial charge on any atom is 0.269 e. The Labute approximate surface area is 177 Å². The van der Waals surface area contributed by atoms with E-state index in [1.807, 2.05) is 35.2 Å². The molecule has 2 aromatic rings. The smallest absolute Gasteiger partial charge is 0.269 e. The number of amides is 1. The molecule has 1 aromatic heterocycles. The highest BCUT2D eigenvalue weighted by molar-refractivity contribution is 5.80. The summed E-state index contributed by atoms with van der Waals surface area (Å²) in [5.74, 6) is 0.263. The first-order valence-corrected chi connectivity index (χ1v) is 11.0. The van der Waals surface area contributed by atoms with E-state index in [4.69, 9.17) is 0 Å². The predicted molar refractivity (Wildman–Crippen MR) is 118 cm³/mol. The van der Waals surface area contributed by atoms with Gasteiger partial charge in [-0.1, -0.05) is 37.3 Å². The fourth-order valence-corrected chi connectivity index (χ4v) is 4.43. The molecule has 2 saturated heterocycles. The molecule has 2 aliphatic rings. The molecule has 0 radical (unpaired) electrons. The third-order valence-electron chi connectivity index (χ3n) is 6.30. The molecule has 0 saturated carbocycles. The fraction of sp³-hybridized carbons (Fsp3) is 0.522. The minimum atomic E-state index is -0.111. The number of carbonyl (C=O) groups excluding carboxylic acids is 1. The van der Waals surface area contributed by atoms with Crippen LogP contribution in [0.15, 0.2) is 47.4 Å². The van der Waals surface area contributed by atoms with Crippen molar-refractivity contribution in [1.82, 2.24) is 19.6 Å². The van der Waals surface area contributed by atoms with Crippen LogP contribution in [0, 0.1) is 5.92 Å². The predicted octanol–water partition coefficient (Wildman–Crippen LogP) is 1.67. The minimum absolute atomic E-state index is 0.00123. The second-order valence-corrected chi connectivity index (χ2v) is 8.24. The molecule has 2 fully saturated rings. The summed E-state index contributed by atoms with van der Waals surface area (Å²) in [4.78, 5) is 32.2. The van der Waals surface area contributed by atoms with Gasteiger partial charge in [0.2, 0.25) is 5.91 Å². The van der Waals surface area contributed by atoms with Gasteiger partial charge in [-0.3, -0.25) is 9.59 Å². The van der Waals surface area contributed by atoms with Crippen LogP contribution in [-0.4, -0.2) is 71.3 Å². The summed E-state index contributed by atoms with van der Waals surface area (Å²) in [7, 11) is 0. The minimum Gasteiger partial charge on any atom is -0.369 e. The van der Waals surface area contributed by atoms with Crippen LogP contribution in [0.1, 0.15) is 25.3 Å². The van der Waals surface area contributed by atoms with Gasteiger partial charge in [0.15, 0.2) is 0 Å². The Morgan fingerprint density at radius 1 is 1.10 bits per heavy atom. The van der Waals surface area contributed by atoms with Crippen LogP contribution >= 0.6 is 0 Å². The average Bonchev–Trinajstić information content (AvgIpc) is 2.81. The molecular formula is C23H31N5O2. The molecule has 0 aliphatic carbocycles. The number of rotatable bonds is 5. The zero-order valence-electron chi connectivity index (χ0n) is 17.7. The van der Waals surface area contributed by atoms with Gasteiger partial charge < -0.3 is 14.7 Å². The van der Waals surface area contributed by atoms with Crippen molar-refractivity contribution in [1.29, 1.82) is 0 Å². The topological polar surface area (TPSA) is 61.7 Å². The van der Waals surface area contributed by atoms with E-state index >= 15 is 0 Å². The van der Waals surface area contributed by atoms with Crippen molar-refractivity contribution in [3.63, 3.8) is 0 Å². The van der Waals surface area contributed by atoms with Crippen molar-refractivity contribution in [2.24, 2.45) is 5.92 Å². The van der Waals surface area contributed by atoms with Crippen molar-refractivity contribution in [3.05, 3.63) is 58.5 Å². The van der Waals surface area contributed by atoms with Crippen molar-refractivity contribution in [2.45, 2.75) is 26.3 Å². The Morgan fingerprint density at radius 2 is 1.87 bits per heavy atom. The first-order chi connectivity index (χ1) is 14.6. The summed E-state index contributed by atoms with van der Waals surface area (Å²) in [5.41, 5.74) is 1.75. The maximum absolute atomic E-state index is 13.0. The van der Waals surface area contributed by atoms with Crippen LogP contribution in [0.4, 0.5) is 5.69 Å². The Bertz CT molecular complexity index is 905. The van der Waals surface area contributed by atoms with Gasteiger partial charge >= 0.3 is 0 Å². The third kappa shape index (κ3) is 4.73. The highest BCUT2D eigenvalue weighted by Crippen LogP contribution is 2.23. The molecule has 30 heavy (non-hydrogen) atoms. The average molecular weight is 410 g/mol. The second-order valence-electron chi connectivity index (χ2n) is 8.24. The van der Waals surface area contributed by atoms with Gasteiger partial charge in [-0.2, -0.15) is 5.10 Å². The number of piperidine rings is 1. The monoisotopic (exact) mass is 409 g/mol. The molecule has 3 heterocycles. The van der Waals surface area contributed by atoms with E-state index in [2.05, 4.69) is 21.8 Å². The van der Waals surface area contributed by atoms with Gasteiger partial charge in [-0.15, -0.1) is 0 Å². The molecule has 1 atom stereocenters.